The van der Waals surface area contributed by atoms with E-state index in [4.69, 9.17) is 0 Å². The first-order chi connectivity index (χ1) is 12.4. The maximum Gasteiger partial charge on any atom is 0.335 e. The molecule has 0 fully saturated rings. The Bertz CT molecular complexity index is 1020. The van der Waals surface area contributed by atoms with Gasteiger partial charge >= 0.3 is 6.03 Å². The van der Waals surface area contributed by atoms with Gasteiger partial charge in [0.1, 0.15) is 5.56 Å². The smallest absolute Gasteiger partial charge is 0.335 e. The third-order valence-electron chi connectivity index (χ3n) is 3.84. The lowest BCUT2D eigenvalue weighted by molar-refractivity contribution is -0.117. The SMILES string of the molecule is CC(=O)NC(=O)n1c(O)c(C(=O)Nc2ccccc2)c2cc(C)ccc21. The average molecular weight is 351 g/mol. The number of aryl methyl sites for hydroxylation is 1. The number of hydrogen-bond donors (Lipinski definition) is 3. The maximum atomic E-state index is 12.7. The minimum Gasteiger partial charge on any atom is -0.494 e. The second-order valence-corrected chi connectivity index (χ2v) is 5.86. The number of aromatic hydroxyl groups is 1. The number of hydrogen-bond acceptors (Lipinski definition) is 4. The minimum atomic E-state index is -0.831. The second-order valence-electron chi connectivity index (χ2n) is 5.86. The van der Waals surface area contributed by atoms with Gasteiger partial charge in [-0.05, 0) is 31.2 Å². The highest BCUT2D eigenvalue weighted by Crippen LogP contribution is 2.32. The van der Waals surface area contributed by atoms with Crippen LogP contribution in [-0.4, -0.2) is 27.5 Å². The lowest BCUT2D eigenvalue weighted by atomic mass is 10.1. The summed E-state index contributed by atoms with van der Waals surface area (Å²) in [5, 5.41) is 15.8. The van der Waals surface area contributed by atoms with Crippen LogP contribution in [0.2, 0.25) is 0 Å². The number of fused-ring (bicyclic) bond motifs is 1. The summed E-state index contributed by atoms with van der Waals surface area (Å²) >= 11 is 0. The van der Waals surface area contributed by atoms with Gasteiger partial charge in [-0.1, -0.05) is 29.8 Å². The van der Waals surface area contributed by atoms with E-state index in [-0.39, 0.29) is 5.56 Å². The number of rotatable bonds is 2. The van der Waals surface area contributed by atoms with Crippen molar-refractivity contribution in [2.24, 2.45) is 0 Å². The third-order valence-corrected chi connectivity index (χ3v) is 3.84. The van der Waals surface area contributed by atoms with Gasteiger partial charge in [0.05, 0.1) is 5.52 Å². The largest absolute Gasteiger partial charge is 0.494 e. The molecule has 3 aromatic rings. The Hall–Kier alpha value is -3.61. The Balaban J connectivity index is 2.14. The van der Waals surface area contributed by atoms with Gasteiger partial charge in [-0.3, -0.25) is 14.9 Å². The maximum absolute atomic E-state index is 12.7. The highest BCUT2D eigenvalue weighted by Gasteiger charge is 2.26. The van der Waals surface area contributed by atoms with Crippen LogP contribution in [0.1, 0.15) is 22.8 Å². The molecule has 3 rings (SSSR count). The van der Waals surface area contributed by atoms with Crippen LogP contribution in [-0.2, 0) is 4.79 Å². The zero-order valence-electron chi connectivity index (χ0n) is 14.2. The van der Waals surface area contributed by atoms with E-state index < -0.39 is 23.7 Å². The molecule has 132 valence electrons. The van der Waals surface area contributed by atoms with Gasteiger partial charge in [0.25, 0.3) is 5.91 Å². The Morgan fingerprint density at radius 2 is 1.73 bits per heavy atom. The van der Waals surface area contributed by atoms with E-state index >= 15 is 0 Å². The monoisotopic (exact) mass is 351 g/mol. The van der Waals surface area contributed by atoms with Crippen molar-refractivity contribution in [2.45, 2.75) is 13.8 Å². The molecule has 0 saturated carbocycles. The van der Waals surface area contributed by atoms with Crippen LogP contribution >= 0.6 is 0 Å². The molecule has 0 unspecified atom stereocenters. The summed E-state index contributed by atoms with van der Waals surface area (Å²) < 4.78 is 0.913. The zero-order valence-corrected chi connectivity index (χ0v) is 14.2. The van der Waals surface area contributed by atoms with Crippen LogP contribution in [0.3, 0.4) is 0 Å². The average Bonchev–Trinajstić information content (AvgIpc) is 2.86. The van der Waals surface area contributed by atoms with Crippen LogP contribution in [0.4, 0.5) is 10.5 Å². The molecule has 7 heteroatoms. The predicted octanol–water partition coefficient (Wildman–Crippen LogP) is 3.01. The van der Waals surface area contributed by atoms with E-state index in [0.29, 0.717) is 16.6 Å². The minimum absolute atomic E-state index is 0.0359. The Kier molecular flexibility index (Phi) is 4.45. The van der Waals surface area contributed by atoms with E-state index in [1.807, 2.05) is 13.0 Å². The first-order valence-corrected chi connectivity index (χ1v) is 7.91. The van der Waals surface area contributed by atoms with Crippen LogP contribution in [0.25, 0.3) is 10.9 Å². The summed E-state index contributed by atoms with van der Waals surface area (Å²) in [6.45, 7) is 3.02. The molecule has 2 aromatic carbocycles. The fourth-order valence-electron chi connectivity index (χ4n) is 2.74. The first-order valence-electron chi connectivity index (χ1n) is 7.91. The molecular formula is C19H17N3O4. The summed E-state index contributed by atoms with van der Waals surface area (Å²) in [6.07, 6.45) is 0. The van der Waals surface area contributed by atoms with Crippen LogP contribution in [0, 0.1) is 6.92 Å². The number of aromatic nitrogens is 1. The molecule has 3 N–H and O–H groups in total. The molecule has 0 aliphatic carbocycles. The second kappa shape index (κ2) is 6.72. The van der Waals surface area contributed by atoms with Crippen LogP contribution < -0.4 is 10.6 Å². The highest BCUT2D eigenvalue weighted by molar-refractivity contribution is 6.17. The number of amides is 3. The van der Waals surface area contributed by atoms with Crippen molar-refractivity contribution in [3.05, 3.63) is 59.7 Å². The van der Waals surface area contributed by atoms with Crippen molar-refractivity contribution in [1.82, 2.24) is 9.88 Å². The van der Waals surface area contributed by atoms with E-state index in [0.717, 1.165) is 10.1 Å². The van der Waals surface area contributed by atoms with Crippen molar-refractivity contribution in [1.29, 1.82) is 0 Å². The summed E-state index contributed by atoms with van der Waals surface area (Å²) in [4.78, 5) is 36.2. The Morgan fingerprint density at radius 3 is 2.38 bits per heavy atom. The predicted molar refractivity (Wildman–Crippen MR) is 97.3 cm³/mol. The molecule has 0 atom stereocenters. The van der Waals surface area contributed by atoms with Crippen molar-refractivity contribution in [3.63, 3.8) is 0 Å². The van der Waals surface area contributed by atoms with E-state index in [9.17, 15) is 19.5 Å². The molecule has 0 saturated heterocycles. The molecule has 0 radical (unpaired) electrons. The standard InChI is InChI=1S/C19H17N3O4/c1-11-8-9-15-14(10-11)16(17(24)21-13-6-4-3-5-7-13)18(25)22(15)19(26)20-12(2)23/h3-10,25H,1-2H3,(H,21,24)(H,20,23,26). The van der Waals surface area contributed by atoms with Gasteiger partial charge in [0.2, 0.25) is 11.8 Å². The molecule has 0 aliphatic heterocycles. The summed E-state index contributed by atoms with van der Waals surface area (Å²) in [5.41, 5.74) is 1.70. The number of imide groups is 1. The van der Waals surface area contributed by atoms with E-state index in [1.165, 1.54) is 6.92 Å². The first kappa shape index (κ1) is 17.2. The van der Waals surface area contributed by atoms with E-state index in [2.05, 4.69) is 10.6 Å². The lowest BCUT2D eigenvalue weighted by Gasteiger charge is -2.06. The zero-order chi connectivity index (χ0) is 18.8. The molecule has 7 nitrogen and oxygen atoms in total. The third kappa shape index (κ3) is 3.14. The summed E-state index contributed by atoms with van der Waals surface area (Å²) in [7, 11) is 0. The van der Waals surface area contributed by atoms with Crippen LogP contribution in [0.5, 0.6) is 5.88 Å². The fraction of sp³-hybridized carbons (Fsp3) is 0.105. The summed E-state index contributed by atoms with van der Waals surface area (Å²) in [6, 6.07) is 13.0. The van der Waals surface area contributed by atoms with Gasteiger partial charge in [-0.25, -0.2) is 9.36 Å². The Morgan fingerprint density at radius 1 is 1.04 bits per heavy atom. The molecule has 0 bridgehead atoms. The van der Waals surface area contributed by atoms with Crippen molar-refractivity contribution in [3.8, 4) is 5.88 Å². The quantitative estimate of drug-likeness (QED) is 0.661. The molecule has 1 aromatic heterocycles. The number of carbonyl (C=O) groups is 3. The molecule has 26 heavy (non-hydrogen) atoms. The molecule has 3 amide bonds. The van der Waals surface area contributed by atoms with Crippen molar-refractivity contribution >= 4 is 34.4 Å². The van der Waals surface area contributed by atoms with Crippen LogP contribution in [0.15, 0.2) is 48.5 Å². The topological polar surface area (TPSA) is 100 Å². The number of para-hydroxylation sites is 1. The highest BCUT2D eigenvalue weighted by atomic mass is 16.3. The number of anilines is 1. The number of nitrogens with zero attached hydrogens (tertiary/aromatic N) is 1. The van der Waals surface area contributed by atoms with Gasteiger partial charge < -0.3 is 10.4 Å². The van der Waals surface area contributed by atoms with Crippen molar-refractivity contribution in [2.75, 3.05) is 5.32 Å². The fourth-order valence-corrected chi connectivity index (χ4v) is 2.74. The molecule has 0 spiro atoms. The van der Waals surface area contributed by atoms with Gasteiger partial charge in [-0.15, -0.1) is 0 Å². The van der Waals surface area contributed by atoms with Gasteiger partial charge in [0, 0.05) is 18.0 Å². The molecule has 0 aliphatic rings. The number of carbonyl (C=O) groups excluding carboxylic acids is 3. The summed E-state index contributed by atoms with van der Waals surface area (Å²) in [5.74, 6) is -1.66. The van der Waals surface area contributed by atoms with Gasteiger partial charge in [-0.2, -0.15) is 0 Å². The van der Waals surface area contributed by atoms with Gasteiger partial charge in [0.15, 0.2) is 0 Å². The Labute approximate surface area is 149 Å². The molecule has 1 heterocycles. The van der Waals surface area contributed by atoms with E-state index in [1.54, 1.807) is 42.5 Å². The lowest BCUT2D eigenvalue weighted by Crippen LogP contribution is -2.32. The number of benzene rings is 2. The number of nitrogens with one attached hydrogen (secondary N) is 2. The molecular weight excluding hydrogens is 334 g/mol. The normalized spacial score (nSPS) is 10.5. The van der Waals surface area contributed by atoms with Crippen molar-refractivity contribution < 1.29 is 19.5 Å².